The molecule has 2 amide bonds. The van der Waals surface area contributed by atoms with E-state index in [1.165, 1.54) is 0 Å². The number of carbonyl (C=O) groups is 2. The van der Waals surface area contributed by atoms with Gasteiger partial charge in [-0.3, -0.25) is 9.59 Å². The van der Waals surface area contributed by atoms with Crippen molar-refractivity contribution < 1.29 is 20.5 Å². The molecule has 2 heterocycles. The third kappa shape index (κ3) is 4.34. The quantitative estimate of drug-likeness (QED) is 0.386. The molecule has 1 aromatic heterocycles. The van der Waals surface area contributed by atoms with Crippen LogP contribution in [-0.2, 0) is 16.6 Å². The fourth-order valence-corrected chi connectivity index (χ4v) is 4.77. The van der Waals surface area contributed by atoms with E-state index in [0.29, 0.717) is 35.0 Å². The highest BCUT2D eigenvalue weighted by atomic mass is 16.7. The number of hydrogen-bond acceptors (Lipinski definition) is 7. The van der Waals surface area contributed by atoms with Crippen LogP contribution in [0.1, 0.15) is 41.6 Å². The van der Waals surface area contributed by atoms with Crippen molar-refractivity contribution in [3.05, 3.63) is 83.2 Å². The van der Waals surface area contributed by atoms with E-state index < -0.39 is 5.41 Å². The lowest BCUT2D eigenvalue weighted by atomic mass is 9.93. The number of fused-ring (bicyclic) bond motifs is 1. The Morgan fingerprint density at radius 1 is 1.03 bits per heavy atom. The molecule has 0 atom stereocenters. The molecule has 10 nitrogen and oxygen atoms in total. The van der Waals surface area contributed by atoms with Crippen molar-refractivity contribution in [2.45, 2.75) is 24.7 Å². The Hall–Kier alpha value is -4.73. The van der Waals surface area contributed by atoms with Crippen molar-refractivity contribution in [3.8, 4) is 22.6 Å². The van der Waals surface area contributed by atoms with E-state index >= 15 is 0 Å². The van der Waals surface area contributed by atoms with E-state index in [4.69, 9.17) is 9.47 Å². The van der Waals surface area contributed by atoms with Gasteiger partial charge in [0.25, 0.3) is 5.91 Å². The van der Waals surface area contributed by atoms with Crippen LogP contribution in [0.2, 0.25) is 0 Å². The van der Waals surface area contributed by atoms with Crippen LogP contribution in [0.25, 0.3) is 11.1 Å². The lowest BCUT2D eigenvalue weighted by Crippen LogP contribution is -2.27. The number of tetrazole rings is 1. The van der Waals surface area contributed by atoms with Gasteiger partial charge in [0.2, 0.25) is 12.7 Å². The first kappa shape index (κ1) is 23.7. The molecule has 38 heavy (non-hydrogen) atoms. The summed E-state index contributed by atoms with van der Waals surface area (Å²) in [6.07, 6.45) is 1.99. The zero-order chi connectivity index (χ0) is 26.3. The first-order chi connectivity index (χ1) is 18.4. The maximum atomic E-state index is 13.5. The lowest BCUT2D eigenvalue weighted by Gasteiger charge is -2.18. The van der Waals surface area contributed by atoms with E-state index in [1.54, 1.807) is 31.1 Å². The van der Waals surface area contributed by atoms with E-state index in [-0.39, 0.29) is 20.0 Å². The Labute approximate surface area is 220 Å². The maximum Gasteiger partial charge on any atom is 0.253 e. The molecule has 0 bridgehead atoms. The van der Waals surface area contributed by atoms with E-state index in [0.717, 1.165) is 35.1 Å². The molecule has 1 saturated carbocycles. The minimum absolute atomic E-state index is 0. The molecule has 10 heteroatoms. The molecule has 194 valence electrons. The van der Waals surface area contributed by atoms with Gasteiger partial charge in [0, 0.05) is 33.2 Å². The van der Waals surface area contributed by atoms with Crippen molar-refractivity contribution in [1.82, 2.24) is 25.5 Å². The summed E-state index contributed by atoms with van der Waals surface area (Å²) in [7, 11) is 3.45. The Kier molecular flexibility index (Phi) is 5.79. The molecule has 0 unspecified atom stereocenters. The second kappa shape index (κ2) is 9.29. The number of hydrogen-bond donors (Lipinski definition) is 2. The molecule has 0 spiro atoms. The van der Waals surface area contributed by atoms with Gasteiger partial charge in [-0.15, -0.1) is 10.2 Å². The first-order valence-corrected chi connectivity index (χ1v) is 12.3. The van der Waals surface area contributed by atoms with Crippen molar-refractivity contribution >= 4 is 17.5 Å². The molecule has 1 aliphatic carbocycles. The monoisotopic (exact) mass is 512 g/mol. The highest BCUT2D eigenvalue weighted by Crippen LogP contribution is 2.51. The number of rotatable bonds is 7. The minimum atomic E-state index is -0.585. The molecule has 6 rings (SSSR count). The number of carbonyl (C=O) groups excluding carboxylic acids is 2. The average molecular weight is 513 g/mol. The van der Waals surface area contributed by atoms with Crippen molar-refractivity contribution in [1.29, 1.82) is 0 Å². The molecule has 2 N–H and O–H groups in total. The van der Waals surface area contributed by atoms with Gasteiger partial charge in [0.1, 0.15) is 0 Å². The molecular formula is C28H28N6O4. The van der Waals surface area contributed by atoms with Crippen LogP contribution in [-0.4, -0.2) is 58.2 Å². The van der Waals surface area contributed by atoms with Crippen LogP contribution in [0.5, 0.6) is 11.5 Å². The number of H-pyrrole nitrogens is 1. The fraction of sp³-hybridized carbons (Fsp3) is 0.250. The summed E-state index contributed by atoms with van der Waals surface area (Å²) in [5.41, 5.74) is 4.40. The van der Waals surface area contributed by atoms with Gasteiger partial charge in [0.15, 0.2) is 17.3 Å². The number of aromatic nitrogens is 4. The second-order valence-electron chi connectivity index (χ2n) is 9.76. The summed E-state index contributed by atoms with van der Waals surface area (Å²) in [5.74, 6) is 1.81. The lowest BCUT2D eigenvalue weighted by molar-refractivity contribution is -0.118. The van der Waals surface area contributed by atoms with Gasteiger partial charge in [-0.25, -0.2) is 0 Å². The van der Waals surface area contributed by atoms with Crippen molar-refractivity contribution in [2.24, 2.45) is 0 Å². The van der Waals surface area contributed by atoms with Gasteiger partial charge in [-0.2, -0.15) is 5.21 Å². The maximum absolute atomic E-state index is 13.5. The number of nitrogens with one attached hydrogen (secondary N) is 2. The van der Waals surface area contributed by atoms with Gasteiger partial charge >= 0.3 is 0 Å². The number of benzene rings is 3. The van der Waals surface area contributed by atoms with Gasteiger partial charge < -0.3 is 19.7 Å². The summed E-state index contributed by atoms with van der Waals surface area (Å²) < 4.78 is 10.9. The molecule has 4 aromatic rings. The van der Waals surface area contributed by atoms with Crippen LogP contribution >= 0.6 is 0 Å². The van der Waals surface area contributed by atoms with Gasteiger partial charge in [-0.1, -0.05) is 29.5 Å². The molecule has 2 aliphatic rings. The Bertz CT molecular complexity index is 1520. The molecular weight excluding hydrogens is 484 g/mol. The van der Waals surface area contributed by atoms with E-state index in [1.807, 2.05) is 48.5 Å². The summed E-state index contributed by atoms with van der Waals surface area (Å²) in [4.78, 5) is 27.4. The SMILES string of the molecule is CN(C)C(=O)c1ccc(-c2cc(NC(=O)C3(c4ccc5c(c4)OCO5)CC3)ccc2Cc2nn[nH]n2)cc1.[HH]. The molecule has 0 radical (unpaired) electrons. The number of anilines is 1. The molecule has 1 fully saturated rings. The molecule has 3 aromatic carbocycles. The largest absolute Gasteiger partial charge is 0.454 e. The minimum Gasteiger partial charge on any atom is -0.454 e. The van der Waals surface area contributed by atoms with Crippen LogP contribution in [0.4, 0.5) is 5.69 Å². The third-order valence-corrected chi connectivity index (χ3v) is 7.06. The topological polar surface area (TPSA) is 122 Å². The molecule has 0 saturated heterocycles. The highest BCUT2D eigenvalue weighted by molar-refractivity contribution is 6.02. The predicted molar refractivity (Wildman–Crippen MR) is 141 cm³/mol. The first-order valence-electron chi connectivity index (χ1n) is 12.3. The normalized spacial score (nSPS) is 14.7. The second-order valence-corrected chi connectivity index (χ2v) is 9.76. The average Bonchev–Trinajstić information content (AvgIpc) is 3.33. The smallest absolute Gasteiger partial charge is 0.253 e. The predicted octanol–water partition coefficient (Wildman–Crippen LogP) is 3.80. The standard InChI is InChI=1S/C28H26N6O4.H2/c1-34(2)26(35)18-5-3-17(4-6-18)22-15-21(9-7-19(22)13-25-30-32-33-31-25)29-27(36)28(11-12-28)20-8-10-23-24(14-20)38-16-37-23;/h3-10,14-15H,11-13,16H2,1-2H3,(H,29,36)(H,30,31,32,33);1H. The zero-order valence-electron chi connectivity index (χ0n) is 21.0. The Morgan fingerprint density at radius 3 is 2.53 bits per heavy atom. The van der Waals surface area contributed by atoms with Crippen molar-refractivity contribution in [2.75, 3.05) is 26.2 Å². The summed E-state index contributed by atoms with van der Waals surface area (Å²) >= 11 is 0. The Balaban J connectivity index is 0.00000308. The highest BCUT2D eigenvalue weighted by Gasteiger charge is 2.51. The summed E-state index contributed by atoms with van der Waals surface area (Å²) in [6, 6.07) is 18.9. The number of amides is 2. The van der Waals surface area contributed by atoms with Gasteiger partial charge in [0.05, 0.1) is 5.41 Å². The Morgan fingerprint density at radius 2 is 1.82 bits per heavy atom. The van der Waals surface area contributed by atoms with Crippen LogP contribution in [0.15, 0.2) is 60.7 Å². The van der Waals surface area contributed by atoms with Crippen LogP contribution < -0.4 is 14.8 Å². The third-order valence-electron chi connectivity index (χ3n) is 7.06. The summed E-state index contributed by atoms with van der Waals surface area (Å²) in [6.45, 7) is 0.196. The number of aromatic amines is 1. The zero-order valence-corrected chi connectivity index (χ0v) is 21.0. The molecule has 1 aliphatic heterocycles. The van der Waals surface area contributed by atoms with Crippen molar-refractivity contribution in [3.63, 3.8) is 0 Å². The van der Waals surface area contributed by atoms with Crippen LogP contribution in [0.3, 0.4) is 0 Å². The van der Waals surface area contributed by atoms with Gasteiger partial charge in [-0.05, 0) is 71.5 Å². The fourth-order valence-electron chi connectivity index (χ4n) is 4.77. The number of ether oxygens (including phenoxy) is 2. The number of nitrogens with zero attached hydrogens (tertiary/aromatic N) is 4. The summed E-state index contributed by atoms with van der Waals surface area (Å²) in [5, 5.41) is 17.4. The van der Waals surface area contributed by atoms with Crippen LogP contribution in [0, 0.1) is 0 Å². The van der Waals surface area contributed by atoms with E-state index in [2.05, 4.69) is 25.9 Å². The van der Waals surface area contributed by atoms with E-state index in [9.17, 15) is 9.59 Å².